The van der Waals surface area contributed by atoms with Crippen LogP contribution in [0.3, 0.4) is 0 Å². The number of halogens is 4. The van der Waals surface area contributed by atoms with Crippen molar-refractivity contribution in [1.82, 2.24) is 0 Å². The lowest BCUT2D eigenvalue weighted by atomic mass is 10.2. The monoisotopic (exact) mass is 253 g/mol. The normalized spacial score (nSPS) is 11.2. The van der Waals surface area contributed by atoms with Crippen LogP contribution in [-0.4, -0.2) is 27.3 Å². The second kappa shape index (κ2) is 5.11. The van der Waals surface area contributed by atoms with Crippen molar-refractivity contribution in [1.29, 1.82) is 0 Å². The van der Waals surface area contributed by atoms with Gasteiger partial charge in [0.05, 0.1) is 5.69 Å². The average Bonchev–Trinajstić information content (AvgIpc) is 2.15. The fraction of sp³-hybridized carbons (Fsp3) is 0.400. The molecule has 1 aromatic carbocycles. The first-order chi connectivity index (χ1) is 7.83. The molecule has 0 unspecified atom stereocenters. The van der Waals surface area contributed by atoms with Crippen LogP contribution in [0.25, 0.3) is 0 Å². The predicted octanol–water partition coefficient (Wildman–Crippen LogP) is 2.96. The molecule has 0 aliphatic carbocycles. The van der Waals surface area contributed by atoms with E-state index in [-0.39, 0.29) is 11.4 Å². The van der Waals surface area contributed by atoms with Gasteiger partial charge in [-0.2, -0.15) is 0 Å². The number of nitrogens with zero attached hydrogens (tertiary/aromatic N) is 1. The van der Waals surface area contributed by atoms with E-state index >= 15 is 0 Å². The topological polar surface area (TPSA) is 21.7 Å². The van der Waals surface area contributed by atoms with Crippen LogP contribution in [0.2, 0.25) is 0 Å². The van der Waals surface area contributed by atoms with Crippen LogP contribution in [0.5, 0.6) is 11.5 Å². The summed E-state index contributed by atoms with van der Waals surface area (Å²) in [5, 5.41) is 0. The molecule has 17 heavy (non-hydrogen) atoms. The van der Waals surface area contributed by atoms with Gasteiger partial charge in [-0.3, -0.25) is 0 Å². The summed E-state index contributed by atoms with van der Waals surface area (Å²) >= 11 is 0. The van der Waals surface area contributed by atoms with Crippen LogP contribution in [0.15, 0.2) is 18.2 Å². The minimum Gasteiger partial charge on any atom is -0.463 e. The van der Waals surface area contributed by atoms with E-state index in [1.165, 1.54) is 17.0 Å². The third kappa shape index (κ3) is 4.01. The zero-order valence-electron chi connectivity index (χ0n) is 9.21. The van der Waals surface area contributed by atoms with E-state index in [1.807, 2.05) is 0 Å². The second-order valence-electron chi connectivity index (χ2n) is 3.33. The van der Waals surface area contributed by atoms with E-state index in [0.717, 1.165) is 6.07 Å². The van der Waals surface area contributed by atoms with Crippen molar-refractivity contribution in [2.24, 2.45) is 0 Å². The maximum atomic E-state index is 12.1. The lowest BCUT2D eigenvalue weighted by molar-refractivity contribution is -0.274. The minimum absolute atomic E-state index is 0.0302. The Bertz CT molecular complexity index is 379. The zero-order chi connectivity index (χ0) is 13.1. The molecule has 96 valence electrons. The number of hydrogen-bond donors (Lipinski definition) is 0. The molecular formula is C10H11F4NO2. The maximum Gasteiger partial charge on any atom is 0.573 e. The van der Waals surface area contributed by atoms with Gasteiger partial charge < -0.3 is 14.4 Å². The average molecular weight is 253 g/mol. The van der Waals surface area contributed by atoms with Crippen LogP contribution in [0.1, 0.15) is 0 Å². The van der Waals surface area contributed by atoms with Crippen molar-refractivity contribution < 1.29 is 27.0 Å². The molecule has 0 aliphatic rings. The molecule has 0 N–H and O–H groups in total. The van der Waals surface area contributed by atoms with Gasteiger partial charge in [0.15, 0.2) is 5.75 Å². The van der Waals surface area contributed by atoms with Crippen molar-refractivity contribution >= 4 is 5.69 Å². The molecule has 0 atom stereocenters. The second-order valence-corrected chi connectivity index (χ2v) is 3.33. The first-order valence-electron chi connectivity index (χ1n) is 4.59. The van der Waals surface area contributed by atoms with Gasteiger partial charge in [0, 0.05) is 20.2 Å². The fourth-order valence-corrected chi connectivity index (χ4v) is 1.22. The third-order valence-electron chi connectivity index (χ3n) is 1.86. The largest absolute Gasteiger partial charge is 0.573 e. The summed E-state index contributed by atoms with van der Waals surface area (Å²) in [5.74, 6) is -0.467. The number of anilines is 1. The SMILES string of the molecule is CN(C)c1ccc(OCF)cc1OC(F)(F)F. The molecule has 7 heteroatoms. The van der Waals surface area contributed by atoms with Crippen molar-refractivity contribution in [3.8, 4) is 11.5 Å². The summed E-state index contributed by atoms with van der Waals surface area (Å²) in [4.78, 5) is 1.44. The number of hydrogen-bond acceptors (Lipinski definition) is 3. The van der Waals surface area contributed by atoms with E-state index in [9.17, 15) is 17.6 Å². The quantitative estimate of drug-likeness (QED) is 0.770. The van der Waals surface area contributed by atoms with Gasteiger partial charge in [-0.25, -0.2) is 4.39 Å². The molecule has 0 heterocycles. The molecule has 0 saturated heterocycles. The van der Waals surface area contributed by atoms with Gasteiger partial charge in [0.1, 0.15) is 5.75 Å². The standard InChI is InChI=1S/C10H11F4NO2/c1-15(2)8-4-3-7(16-6-11)5-9(8)17-10(12,13)14/h3-5H,6H2,1-2H3. The molecule has 0 fully saturated rings. The van der Waals surface area contributed by atoms with E-state index in [0.29, 0.717) is 0 Å². The maximum absolute atomic E-state index is 12.1. The molecular weight excluding hydrogens is 242 g/mol. The molecule has 0 radical (unpaired) electrons. The number of alkyl halides is 4. The Labute approximate surface area is 95.5 Å². The summed E-state index contributed by atoms with van der Waals surface area (Å²) in [7, 11) is 3.13. The van der Waals surface area contributed by atoms with E-state index < -0.39 is 19.0 Å². The highest BCUT2D eigenvalue weighted by Crippen LogP contribution is 2.35. The Balaban J connectivity index is 3.07. The van der Waals surface area contributed by atoms with Gasteiger partial charge in [-0.05, 0) is 12.1 Å². The summed E-state index contributed by atoms with van der Waals surface area (Å²) in [6, 6.07) is 3.70. The third-order valence-corrected chi connectivity index (χ3v) is 1.86. The summed E-state index contributed by atoms with van der Waals surface area (Å²) in [5.41, 5.74) is 0.216. The lowest BCUT2D eigenvalue weighted by Gasteiger charge is -2.19. The molecule has 0 aliphatic heterocycles. The molecule has 0 bridgehead atoms. The fourth-order valence-electron chi connectivity index (χ4n) is 1.22. The zero-order valence-corrected chi connectivity index (χ0v) is 9.21. The Morgan fingerprint density at radius 1 is 1.24 bits per heavy atom. The molecule has 0 aromatic heterocycles. The molecule has 0 saturated carbocycles. The molecule has 1 aromatic rings. The van der Waals surface area contributed by atoms with Gasteiger partial charge in [0.2, 0.25) is 6.86 Å². The van der Waals surface area contributed by atoms with Crippen molar-refractivity contribution in [3.05, 3.63) is 18.2 Å². The van der Waals surface area contributed by atoms with Crippen LogP contribution < -0.4 is 14.4 Å². The van der Waals surface area contributed by atoms with Crippen molar-refractivity contribution in [2.45, 2.75) is 6.36 Å². The van der Waals surface area contributed by atoms with Crippen molar-refractivity contribution in [3.63, 3.8) is 0 Å². The van der Waals surface area contributed by atoms with E-state index in [4.69, 9.17) is 0 Å². The van der Waals surface area contributed by atoms with Crippen LogP contribution in [-0.2, 0) is 0 Å². The molecule has 1 rings (SSSR count). The Morgan fingerprint density at radius 2 is 1.88 bits per heavy atom. The van der Waals surface area contributed by atoms with Gasteiger partial charge in [0.25, 0.3) is 0 Å². The lowest BCUT2D eigenvalue weighted by Crippen LogP contribution is -2.20. The summed E-state index contributed by atoms with van der Waals surface area (Å²) in [6.45, 7) is -1.12. The van der Waals surface area contributed by atoms with E-state index in [1.54, 1.807) is 14.1 Å². The minimum atomic E-state index is -4.81. The predicted molar refractivity (Wildman–Crippen MR) is 54.1 cm³/mol. The van der Waals surface area contributed by atoms with Gasteiger partial charge in [-0.1, -0.05) is 0 Å². The number of ether oxygens (including phenoxy) is 2. The van der Waals surface area contributed by atoms with E-state index in [2.05, 4.69) is 9.47 Å². The number of rotatable bonds is 4. The number of benzene rings is 1. The highest BCUT2D eigenvalue weighted by molar-refractivity contribution is 5.60. The van der Waals surface area contributed by atoms with Gasteiger partial charge in [-0.15, -0.1) is 13.2 Å². The highest BCUT2D eigenvalue weighted by Gasteiger charge is 2.32. The Hall–Kier alpha value is -1.66. The summed E-state index contributed by atoms with van der Waals surface area (Å²) in [6.07, 6.45) is -4.81. The highest BCUT2D eigenvalue weighted by atomic mass is 19.4. The molecule has 0 amide bonds. The van der Waals surface area contributed by atoms with Gasteiger partial charge >= 0.3 is 6.36 Å². The molecule has 0 spiro atoms. The van der Waals surface area contributed by atoms with Crippen LogP contribution >= 0.6 is 0 Å². The Morgan fingerprint density at radius 3 is 2.35 bits per heavy atom. The molecule has 3 nitrogen and oxygen atoms in total. The first kappa shape index (κ1) is 13.4. The first-order valence-corrected chi connectivity index (χ1v) is 4.59. The van der Waals surface area contributed by atoms with Crippen LogP contribution in [0, 0.1) is 0 Å². The summed E-state index contributed by atoms with van der Waals surface area (Å²) < 4.78 is 56.7. The Kier molecular flexibility index (Phi) is 4.03. The van der Waals surface area contributed by atoms with Crippen molar-refractivity contribution in [2.75, 3.05) is 25.9 Å². The van der Waals surface area contributed by atoms with Crippen LogP contribution in [0.4, 0.5) is 23.2 Å². The smallest absolute Gasteiger partial charge is 0.463 e.